The van der Waals surface area contributed by atoms with Crippen LogP contribution in [0.4, 0.5) is 10.5 Å². The van der Waals surface area contributed by atoms with Crippen molar-refractivity contribution in [3.63, 3.8) is 0 Å². The van der Waals surface area contributed by atoms with Gasteiger partial charge in [0.15, 0.2) is 0 Å². The molecule has 1 aliphatic rings. The van der Waals surface area contributed by atoms with Crippen molar-refractivity contribution < 1.29 is 19.1 Å². The topological polar surface area (TPSA) is 75.7 Å². The van der Waals surface area contributed by atoms with Crippen LogP contribution in [-0.4, -0.2) is 17.8 Å². The standard InChI is InChI=1S/C26H20Br2N2O4/c1-15-3-9-20(11-16(15)2)30-25(32)21(24(31)29-26(30)33)12-18-6-10-23(22(28)13-18)34-14-17-4-7-19(27)8-5-17/h3-13H,14H2,1-2H3,(H,29,31,33)/b21-12+. The van der Waals surface area contributed by atoms with Crippen molar-refractivity contribution in [3.05, 3.63) is 97.4 Å². The third-order valence-corrected chi connectivity index (χ3v) is 6.57. The predicted octanol–water partition coefficient (Wildman–Crippen LogP) is 6.07. The summed E-state index contributed by atoms with van der Waals surface area (Å²) >= 11 is 6.90. The van der Waals surface area contributed by atoms with Gasteiger partial charge in [0.1, 0.15) is 17.9 Å². The lowest BCUT2D eigenvalue weighted by Crippen LogP contribution is -2.54. The van der Waals surface area contributed by atoms with Gasteiger partial charge < -0.3 is 4.74 Å². The summed E-state index contributed by atoms with van der Waals surface area (Å²) < 4.78 is 7.54. The Morgan fingerprint density at radius 1 is 0.912 bits per heavy atom. The molecule has 3 aromatic carbocycles. The van der Waals surface area contributed by atoms with E-state index in [1.165, 1.54) is 6.08 Å². The second-order valence-electron chi connectivity index (χ2n) is 7.83. The number of rotatable bonds is 5. The first-order valence-electron chi connectivity index (χ1n) is 10.4. The van der Waals surface area contributed by atoms with Crippen LogP contribution in [0.3, 0.4) is 0 Å². The Bertz CT molecular complexity index is 1330. The molecule has 172 valence electrons. The molecular weight excluding hydrogens is 564 g/mol. The molecule has 0 atom stereocenters. The predicted molar refractivity (Wildman–Crippen MR) is 138 cm³/mol. The zero-order valence-electron chi connectivity index (χ0n) is 18.4. The Kier molecular flexibility index (Phi) is 7.00. The number of hydrogen-bond donors (Lipinski definition) is 1. The third kappa shape index (κ3) is 5.13. The van der Waals surface area contributed by atoms with Crippen LogP contribution in [-0.2, 0) is 16.2 Å². The first kappa shape index (κ1) is 23.9. The summed E-state index contributed by atoms with van der Waals surface area (Å²) in [5.74, 6) is -0.790. The number of halogens is 2. The van der Waals surface area contributed by atoms with Crippen LogP contribution < -0.4 is 15.0 Å². The van der Waals surface area contributed by atoms with E-state index in [0.29, 0.717) is 28.1 Å². The number of urea groups is 1. The van der Waals surface area contributed by atoms with Crippen molar-refractivity contribution in [3.8, 4) is 5.75 Å². The lowest BCUT2D eigenvalue weighted by molar-refractivity contribution is -0.122. The minimum Gasteiger partial charge on any atom is -0.488 e. The van der Waals surface area contributed by atoms with Crippen molar-refractivity contribution in [2.45, 2.75) is 20.5 Å². The number of aryl methyl sites for hydroxylation is 2. The van der Waals surface area contributed by atoms with Gasteiger partial charge in [-0.3, -0.25) is 14.9 Å². The molecule has 1 fully saturated rings. The van der Waals surface area contributed by atoms with Gasteiger partial charge in [-0.1, -0.05) is 40.2 Å². The van der Waals surface area contributed by atoms with E-state index in [0.717, 1.165) is 26.1 Å². The van der Waals surface area contributed by atoms with Gasteiger partial charge in [0, 0.05) is 4.47 Å². The van der Waals surface area contributed by atoms with Crippen LogP contribution in [0.15, 0.2) is 75.2 Å². The Morgan fingerprint density at radius 3 is 2.32 bits per heavy atom. The van der Waals surface area contributed by atoms with E-state index in [9.17, 15) is 14.4 Å². The average molecular weight is 584 g/mol. The molecule has 0 saturated carbocycles. The maximum atomic E-state index is 13.1. The van der Waals surface area contributed by atoms with Crippen molar-refractivity contribution in [1.29, 1.82) is 0 Å². The summed E-state index contributed by atoms with van der Waals surface area (Å²) in [6, 6.07) is 17.6. The van der Waals surface area contributed by atoms with Crippen LogP contribution in [0.1, 0.15) is 22.3 Å². The number of carbonyl (C=O) groups excluding carboxylic acids is 3. The van der Waals surface area contributed by atoms with Crippen molar-refractivity contribution in [2.24, 2.45) is 0 Å². The average Bonchev–Trinajstić information content (AvgIpc) is 2.79. The first-order chi connectivity index (χ1) is 16.2. The Hall–Kier alpha value is -3.23. The Labute approximate surface area is 213 Å². The Morgan fingerprint density at radius 2 is 1.65 bits per heavy atom. The molecule has 6 nitrogen and oxygen atoms in total. The molecule has 1 saturated heterocycles. The summed E-state index contributed by atoms with van der Waals surface area (Å²) in [4.78, 5) is 39.0. The minimum absolute atomic E-state index is 0.131. The molecule has 1 N–H and O–H groups in total. The molecule has 34 heavy (non-hydrogen) atoms. The number of ether oxygens (including phenoxy) is 1. The fourth-order valence-corrected chi connectivity index (χ4v) is 4.16. The zero-order valence-corrected chi connectivity index (χ0v) is 21.6. The normalized spacial score (nSPS) is 15.0. The molecule has 0 bridgehead atoms. The number of barbiturate groups is 1. The van der Waals surface area contributed by atoms with Crippen LogP contribution in [0.2, 0.25) is 0 Å². The van der Waals surface area contributed by atoms with Gasteiger partial charge in [-0.2, -0.15) is 0 Å². The monoisotopic (exact) mass is 582 g/mol. The summed E-state index contributed by atoms with van der Waals surface area (Å²) in [6.07, 6.45) is 1.46. The molecule has 0 spiro atoms. The van der Waals surface area contributed by atoms with E-state index in [4.69, 9.17) is 4.74 Å². The second kappa shape index (κ2) is 9.95. The second-order valence-corrected chi connectivity index (χ2v) is 9.60. The molecule has 0 unspecified atom stereocenters. The molecular formula is C26H20Br2N2O4. The quantitative estimate of drug-likeness (QED) is 0.292. The number of anilines is 1. The number of carbonyl (C=O) groups is 3. The molecule has 8 heteroatoms. The van der Waals surface area contributed by atoms with Crippen molar-refractivity contribution >= 4 is 61.5 Å². The van der Waals surface area contributed by atoms with Gasteiger partial charge in [-0.05, 0) is 94.5 Å². The van der Waals surface area contributed by atoms with Crippen molar-refractivity contribution in [2.75, 3.05) is 4.90 Å². The van der Waals surface area contributed by atoms with E-state index in [1.54, 1.807) is 30.3 Å². The van der Waals surface area contributed by atoms with Gasteiger partial charge in [0.05, 0.1) is 10.2 Å². The zero-order chi connectivity index (χ0) is 24.4. The van der Waals surface area contributed by atoms with Gasteiger partial charge >= 0.3 is 6.03 Å². The molecule has 1 aliphatic heterocycles. The number of imide groups is 2. The third-order valence-electron chi connectivity index (χ3n) is 5.42. The number of benzene rings is 3. The van der Waals surface area contributed by atoms with E-state index in [2.05, 4.69) is 37.2 Å². The highest BCUT2D eigenvalue weighted by molar-refractivity contribution is 9.10. The highest BCUT2D eigenvalue weighted by Gasteiger charge is 2.36. The molecule has 4 amide bonds. The lowest BCUT2D eigenvalue weighted by atomic mass is 10.1. The van der Waals surface area contributed by atoms with Gasteiger partial charge in [0.2, 0.25) is 0 Å². The molecule has 3 aromatic rings. The molecule has 0 aromatic heterocycles. The molecule has 4 rings (SSSR count). The van der Waals surface area contributed by atoms with Crippen LogP contribution >= 0.6 is 31.9 Å². The summed E-state index contributed by atoms with van der Waals surface area (Å²) in [7, 11) is 0. The van der Waals surface area contributed by atoms with E-state index < -0.39 is 17.8 Å². The highest BCUT2D eigenvalue weighted by atomic mass is 79.9. The van der Waals surface area contributed by atoms with Gasteiger partial charge in [-0.25, -0.2) is 9.69 Å². The molecule has 0 radical (unpaired) electrons. The van der Waals surface area contributed by atoms with Crippen LogP contribution in [0, 0.1) is 13.8 Å². The van der Waals surface area contributed by atoms with Crippen molar-refractivity contribution in [1.82, 2.24) is 5.32 Å². The maximum absolute atomic E-state index is 13.1. The SMILES string of the molecule is Cc1ccc(N2C(=O)NC(=O)/C(=C\c3ccc(OCc4ccc(Br)cc4)c(Br)c3)C2=O)cc1C. The minimum atomic E-state index is -0.770. The number of nitrogens with one attached hydrogen (secondary N) is 1. The van der Waals surface area contributed by atoms with Crippen LogP contribution in [0.25, 0.3) is 6.08 Å². The number of amides is 4. The fraction of sp³-hybridized carbons (Fsp3) is 0.115. The van der Waals surface area contributed by atoms with Crippen LogP contribution in [0.5, 0.6) is 5.75 Å². The van der Waals surface area contributed by atoms with Gasteiger partial charge in [0.25, 0.3) is 11.8 Å². The summed E-state index contributed by atoms with van der Waals surface area (Å²) in [5.41, 5.74) is 3.86. The Balaban J connectivity index is 1.56. The highest BCUT2D eigenvalue weighted by Crippen LogP contribution is 2.29. The molecule has 0 aliphatic carbocycles. The van der Waals surface area contributed by atoms with Gasteiger partial charge in [-0.15, -0.1) is 0 Å². The summed E-state index contributed by atoms with van der Waals surface area (Å²) in [5, 5.41) is 2.25. The maximum Gasteiger partial charge on any atom is 0.335 e. The smallest absolute Gasteiger partial charge is 0.335 e. The lowest BCUT2D eigenvalue weighted by Gasteiger charge is -2.26. The summed E-state index contributed by atoms with van der Waals surface area (Å²) in [6.45, 7) is 4.22. The molecule has 1 heterocycles. The number of nitrogens with zero attached hydrogens (tertiary/aromatic N) is 1. The van der Waals surface area contributed by atoms with E-state index in [1.807, 2.05) is 44.2 Å². The van der Waals surface area contributed by atoms with E-state index >= 15 is 0 Å². The van der Waals surface area contributed by atoms with E-state index in [-0.39, 0.29) is 5.57 Å². The largest absolute Gasteiger partial charge is 0.488 e. The number of hydrogen-bond acceptors (Lipinski definition) is 4. The fourth-order valence-electron chi connectivity index (χ4n) is 3.39. The first-order valence-corrected chi connectivity index (χ1v) is 12.0.